The van der Waals surface area contributed by atoms with Crippen LogP contribution in [0, 0.1) is 0 Å². The Morgan fingerprint density at radius 1 is 0.967 bits per heavy atom. The maximum atomic E-state index is 12.8. The minimum atomic E-state index is -1.01. The van der Waals surface area contributed by atoms with Gasteiger partial charge in [0.2, 0.25) is 5.91 Å². The van der Waals surface area contributed by atoms with Gasteiger partial charge in [0.05, 0.1) is 16.8 Å². The Morgan fingerprint density at radius 3 is 2.20 bits per heavy atom. The van der Waals surface area contributed by atoms with Gasteiger partial charge in [-0.1, -0.05) is 12.1 Å². The Balaban J connectivity index is 1.56. The molecule has 4 amide bonds. The second kappa shape index (κ2) is 7.29. The molecule has 1 unspecified atom stereocenters. The molecule has 1 N–H and O–H groups in total. The van der Waals surface area contributed by atoms with E-state index in [9.17, 15) is 19.2 Å². The maximum absolute atomic E-state index is 12.8. The first-order valence-corrected chi connectivity index (χ1v) is 9.66. The van der Waals surface area contributed by atoms with Crippen LogP contribution in [0.3, 0.4) is 0 Å². The van der Waals surface area contributed by atoms with Crippen LogP contribution in [0.5, 0.6) is 5.75 Å². The minimum absolute atomic E-state index is 0.0341. The third-order valence-corrected chi connectivity index (χ3v) is 5.21. The highest BCUT2D eigenvalue weighted by Gasteiger charge is 2.40. The summed E-state index contributed by atoms with van der Waals surface area (Å²) in [5.41, 5.74) is 1.58. The molecule has 8 nitrogen and oxygen atoms in total. The molecule has 0 radical (unpaired) electrons. The van der Waals surface area contributed by atoms with Gasteiger partial charge in [-0.25, -0.2) is 0 Å². The van der Waals surface area contributed by atoms with Gasteiger partial charge in [-0.2, -0.15) is 0 Å². The first-order valence-electron chi connectivity index (χ1n) is 9.66. The Hall–Kier alpha value is -3.68. The van der Waals surface area contributed by atoms with Crippen molar-refractivity contribution in [3.63, 3.8) is 0 Å². The fourth-order valence-electron chi connectivity index (χ4n) is 3.74. The van der Waals surface area contributed by atoms with E-state index in [0.717, 1.165) is 4.90 Å². The van der Waals surface area contributed by atoms with Gasteiger partial charge in [0.1, 0.15) is 11.8 Å². The van der Waals surface area contributed by atoms with Crippen molar-refractivity contribution >= 4 is 35.0 Å². The fraction of sp³-hybridized carbons (Fsp3) is 0.273. The summed E-state index contributed by atoms with van der Waals surface area (Å²) in [5, 5.41) is 2.73. The lowest BCUT2D eigenvalue weighted by Crippen LogP contribution is -2.45. The highest BCUT2D eigenvalue weighted by atomic mass is 16.5. The van der Waals surface area contributed by atoms with Crippen molar-refractivity contribution in [2.45, 2.75) is 32.9 Å². The van der Waals surface area contributed by atoms with Crippen LogP contribution < -0.4 is 15.0 Å². The molecule has 2 aromatic carbocycles. The molecule has 0 fully saturated rings. The number of anilines is 2. The molecule has 0 bridgehead atoms. The van der Waals surface area contributed by atoms with Crippen LogP contribution in [0.15, 0.2) is 42.5 Å². The molecule has 0 spiro atoms. The van der Waals surface area contributed by atoms with E-state index < -0.39 is 23.8 Å². The molecule has 0 saturated carbocycles. The van der Waals surface area contributed by atoms with Crippen molar-refractivity contribution < 1.29 is 23.9 Å². The number of hydrogen-bond acceptors (Lipinski definition) is 5. The highest BCUT2D eigenvalue weighted by Crippen LogP contribution is 2.36. The number of carbonyl (C=O) groups is 4. The lowest BCUT2D eigenvalue weighted by molar-refractivity contribution is -0.121. The van der Waals surface area contributed by atoms with Crippen molar-refractivity contribution in [2.24, 2.45) is 0 Å². The van der Waals surface area contributed by atoms with Gasteiger partial charge >= 0.3 is 0 Å². The Bertz CT molecular complexity index is 1040. The number of benzene rings is 2. The van der Waals surface area contributed by atoms with E-state index in [1.54, 1.807) is 47.4 Å². The first-order chi connectivity index (χ1) is 14.3. The predicted octanol–water partition coefficient (Wildman–Crippen LogP) is 2.44. The maximum Gasteiger partial charge on any atom is 0.265 e. The minimum Gasteiger partial charge on any atom is -0.482 e. The van der Waals surface area contributed by atoms with E-state index >= 15 is 0 Å². The summed E-state index contributed by atoms with van der Waals surface area (Å²) < 4.78 is 5.47. The molecule has 2 aromatic rings. The van der Waals surface area contributed by atoms with Crippen LogP contribution in [-0.2, 0) is 9.59 Å². The van der Waals surface area contributed by atoms with E-state index in [1.807, 2.05) is 13.8 Å². The number of nitrogens with zero attached hydrogens (tertiary/aromatic N) is 2. The largest absolute Gasteiger partial charge is 0.482 e. The Kier molecular flexibility index (Phi) is 4.77. The average molecular weight is 407 g/mol. The van der Waals surface area contributed by atoms with Gasteiger partial charge < -0.3 is 15.0 Å². The monoisotopic (exact) mass is 407 g/mol. The van der Waals surface area contributed by atoms with Crippen molar-refractivity contribution in [3.8, 4) is 5.75 Å². The number of carbonyl (C=O) groups excluding carboxylic acids is 4. The topological polar surface area (TPSA) is 96.0 Å². The van der Waals surface area contributed by atoms with Crippen LogP contribution in [0.2, 0.25) is 0 Å². The molecule has 2 aliphatic rings. The quantitative estimate of drug-likeness (QED) is 0.786. The van der Waals surface area contributed by atoms with Crippen molar-refractivity contribution in [1.82, 2.24) is 4.90 Å². The molecule has 2 aliphatic heterocycles. The normalized spacial score (nSPS) is 16.3. The lowest BCUT2D eigenvalue weighted by atomic mass is 10.1. The number of ether oxygens (including phenoxy) is 1. The SMILES string of the molecule is CC(C(=O)Nc1ccc2c(c1)N(C(C)C)C(=O)CO2)N1C(=O)c2ccccc2C1=O. The van der Waals surface area contributed by atoms with Crippen LogP contribution in [0.1, 0.15) is 41.5 Å². The molecule has 0 aromatic heterocycles. The van der Waals surface area contributed by atoms with Gasteiger partial charge in [-0.15, -0.1) is 0 Å². The standard InChI is InChI=1S/C22H21N3O5/c1-12(2)24-17-10-14(8-9-18(17)30-11-19(24)26)23-20(27)13(3)25-21(28)15-6-4-5-7-16(15)22(25)29/h4-10,12-13H,11H2,1-3H3,(H,23,27). The zero-order chi connectivity index (χ0) is 21.6. The number of rotatable bonds is 4. The van der Waals surface area contributed by atoms with E-state index in [2.05, 4.69) is 5.32 Å². The molecule has 8 heteroatoms. The molecule has 4 rings (SSSR count). The zero-order valence-corrected chi connectivity index (χ0v) is 16.8. The van der Waals surface area contributed by atoms with Crippen LogP contribution in [0.25, 0.3) is 0 Å². The van der Waals surface area contributed by atoms with Crippen LogP contribution in [-0.4, -0.2) is 47.2 Å². The van der Waals surface area contributed by atoms with Crippen molar-refractivity contribution in [2.75, 3.05) is 16.8 Å². The lowest BCUT2D eigenvalue weighted by Gasteiger charge is -2.32. The van der Waals surface area contributed by atoms with Gasteiger partial charge in [0.15, 0.2) is 6.61 Å². The Labute approximate surface area is 173 Å². The number of fused-ring (bicyclic) bond motifs is 2. The van der Waals surface area contributed by atoms with Crippen molar-refractivity contribution in [1.29, 1.82) is 0 Å². The number of hydrogen-bond donors (Lipinski definition) is 1. The summed E-state index contributed by atoms with van der Waals surface area (Å²) in [6.07, 6.45) is 0. The van der Waals surface area contributed by atoms with E-state index in [1.165, 1.54) is 6.92 Å². The number of imide groups is 1. The van der Waals surface area contributed by atoms with Gasteiger partial charge in [-0.05, 0) is 51.1 Å². The van der Waals surface area contributed by atoms with Crippen molar-refractivity contribution in [3.05, 3.63) is 53.6 Å². The first kappa shape index (κ1) is 19.6. The predicted molar refractivity (Wildman–Crippen MR) is 110 cm³/mol. The second-order valence-corrected chi connectivity index (χ2v) is 7.52. The molecular weight excluding hydrogens is 386 g/mol. The van der Waals surface area contributed by atoms with Gasteiger partial charge in [0, 0.05) is 11.7 Å². The van der Waals surface area contributed by atoms with Gasteiger partial charge in [-0.3, -0.25) is 24.1 Å². The average Bonchev–Trinajstić information content (AvgIpc) is 2.97. The fourth-order valence-corrected chi connectivity index (χ4v) is 3.74. The second-order valence-electron chi connectivity index (χ2n) is 7.52. The number of nitrogens with one attached hydrogen (secondary N) is 1. The summed E-state index contributed by atoms with van der Waals surface area (Å²) in [7, 11) is 0. The number of amides is 4. The molecule has 154 valence electrons. The van der Waals surface area contributed by atoms with E-state index in [4.69, 9.17) is 4.74 Å². The van der Waals surface area contributed by atoms with E-state index in [0.29, 0.717) is 28.3 Å². The molecule has 1 atom stereocenters. The van der Waals surface area contributed by atoms with Crippen LogP contribution in [0.4, 0.5) is 11.4 Å². The summed E-state index contributed by atoms with van der Waals surface area (Å²) in [6, 6.07) is 10.4. The molecule has 2 heterocycles. The summed E-state index contributed by atoms with van der Waals surface area (Å²) in [6.45, 7) is 5.25. The summed E-state index contributed by atoms with van der Waals surface area (Å²) >= 11 is 0. The van der Waals surface area contributed by atoms with Gasteiger partial charge in [0.25, 0.3) is 17.7 Å². The Morgan fingerprint density at radius 2 is 1.60 bits per heavy atom. The third-order valence-electron chi connectivity index (χ3n) is 5.21. The van der Waals surface area contributed by atoms with E-state index in [-0.39, 0.29) is 18.6 Å². The summed E-state index contributed by atoms with van der Waals surface area (Å²) in [4.78, 5) is 52.9. The zero-order valence-electron chi connectivity index (χ0n) is 16.8. The molecular formula is C22H21N3O5. The molecule has 0 aliphatic carbocycles. The third kappa shape index (κ3) is 3.10. The highest BCUT2D eigenvalue weighted by molar-refractivity contribution is 6.23. The smallest absolute Gasteiger partial charge is 0.265 e. The van der Waals surface area contributed by atoms with Crippen LogP contribution >= 0.6 is 0 Å². The molecule has 30 heavy (non-hydrogen) atoms. The summed E-state index contributed by atoms with van der Waals surface area (Å²) in [5.74, 6) is -1.11. The molecule has 0 saturated heterocycles.